The summed E-state index contributed by atoms with van der Waals surface area (Å²) in [6, 6.07) is 6.54. The number of hydrogen-bond donors (Lipinski definition) is 2. The highest BCUT2D eigenvalue weighted by molar-refractivity contribution is 5.82. The molecule has 0 saturated heterocycles. The molecule has 0 aliphatic carbocycles. The Balaban J connectivity index is 2.03. The maximum atomic E-state index is 14.2. The minimum atomic E-state index is -0.451. The third-order valence-electron chi connectivity index (χ3n) is 2.69. The first-order valence-electron chi connectivity index (χ1n) is 5.67. The van der Waals surface area contributed by atoms with Gasteiger partial charge < -0.3 is 15.5 Å². The van der Waals surface area contributed by atoms with Crippen LogP contribution in [0.15, 0.2) is 30.5 Å². The first-order chi connectivity index (χ1) is 9.13. The van der Waals surface area contributed by atoms with Gasteiger partial charge in [-0.05, 0) is 31.2 Å². The number of H-pyrrole nitrogens is 1. The van der Waals surface area contributed by atoms with Crippen LogP contribution in [0.2, 0.25) is 0 Å². The highest BCUT2D eigenvalue weighted by Crippen LogP contribution is 2.29. The molecular weight excluding hydrogens is 247 g/mol. The number of aryl methyl sites for hydroxylation is 1. The number of rotatable bonds is 2. The van der Waals surface area contributed by atoms with E-state index in [1.807, 2.05) is 6.92 Å². The molecule has 0 fully saturated rings. The number of benzene rings is 1. The van der Waals surface area contributed by atoms with E-state index in [4.69, 9.17) is 10.5 Å². The molecule has 0 unspecified atom stereocenters. The summed E-state index contributed by atoms with van der Waals surface area (Å²) in [6.45, 7) is 1.86. The van der Waals surface area contributed by atoms with Gasteiger partial charge in [0.15, 0.2) is 11.6 Å². The number of ether oxygens (including phenoxy) is 1. The fourth-order valence-electron chi connectivity index (χ4n) is 1.87. The summed E-state index contributed by atoms with van der Waals surface area (Å²) >= 11 is 0. The van der Waals surface area contributed by atoms with Gasteiger partial charge in [-0.2, -0.15) is 4.98 Å². The molecule has 5 nitrogen and oxygen atoms in total. The number of nitrogen functional groups attached to an aromatic ring is 1. The second kappa shape index (κ2) is 4.24. The van der Waals surface area contributed by atoms with Gasteiger partial charge in [0.05, 0.1) is 0 Å². The van der Waals surface area contributed by atoms with E-state index in [2.05, 4.69) is 15.0 Å². The van der Waals surface area contributed by atoms with Gasteiger partial charge >= 0.3 is 6.01 Å². The molecule has 2 aromatic heterocycles. The standard InChI is InChI=1S/C13H11FN4O/c1-7-6-8-9(17-7)2-3-10(12(8)14)19-13-16-5-4-11(15)18-13/h2-6,17H,1H3,(H2,15,16,18). The average molecular weight is 258 g/mol. The van der Waals surface area contributed by atoms with Crippen LogP contribution in [-0.4, -0.2) is 15.0 Å². The van der Waals surface area contributed by atoms with Crippen LogP contribution in [0.5, 0.6) is 11.8 Å². The maximum Gasteiger partial charge on any atom is 0.323 e. The van der Waals surface area contributed by atoms with E-state index in [1.165, 1.54) is 18.3 Å². The van der Waals surface area contributed by atoms with Crippen LogP contribution >= 0.6 is 0 Å². The maximum absolute atomic E-state index is 14.2. The van der Waals surface area contributed by atoms with Crippen molar-refractivity contribution in [2.75, 3.05) is 5.73 Å². The fraction of sp³-hybridized carbons (Fsp3) is 0.0769. The molecule has 0 radical (unpaired) electrons. The summed E-state index contributed by atoms with van der Waals surface area (Å²) in [7, 11) is 0. The molecule has 3 rings (SSSR count). The zero-order chi connectivity index (χ0) is 13.4. The number of aromatic nitrogens is 3. The van der Waals surface area contributed by atoms with Crippen molar-refractivity contribution in [3.63, 3.8) is 0 Å². The molecule has 96 valence electrons. The number of nitrogens with zero attached hydrogens (tertiary/aromatic N) is 2. The Morgan fingerprint density at radius 1 is 1.32 bits per heavy atom. The molecular formula is C13H11FN4O. The van der Waals surface area contributed by atoms with Crippen molar-refractivity contribution in [1.82, 2.24) is 15.0 Å². The van der Waals surface area contributed by atoms with Crippen LogP contribution in [0.25, 0.3) is 10.9 Å². The van der Waals surface area contributed by atoms with E-state index in [-0.39, 0.29) is 17.6 Å². The molecule has 0 saturated carbocycles. The van der Waals surface area contributed by atoms with Crippen molar-refractivity contribution in [2.24, 2.45) is 0 Å². The summed E-state index contributed by atoms with van der Waals surface area (Å²) in [5.74, 6) is -0.117. The Morgan fingerprint density at radius 3 is 2.95 bits per heavy atom. The first-order valence-corrected chi connectivity index (χ1v) is 5.67. The molecule has 0 spiro atoms. The van der Waals surface area contributed by atoms with E-state index >= 15 is 0 Å². The van der Waals surface area contributed by atoms with E-state index in [1.54, 1.807) is 12.1 Å². The predicted molar refractivity (Wildman–Crippen MR) is 69.5 cm³/mol. The number of aromatic amines is 1. The summed E-state index contributed by atoms with van der Waals surface area (Å²) in [6.07, 6.45) is 1.45. The van der Waals surface area contributed by atoms with Crippen molar-refractivity contribution in [2.45, 2.75) is 6.92 Å². The van der Waals surface area contributed by atoms with Crippen molar-refractivity contribution >= 4 is 16.7 Å². The predicted octanol–water partition coefficient (Wildman–Crippen LogP) is 2.78. The highest BCUT2D eigenvalue weighted by atomic mass is 19.1. The Kier molecular flexibility index (Phi) is 2.56. The number of hydrogen-bond acceptors (Lipinski definition) is 4. The molecule has 0 aliphatic rings. The molecule has 3 N–H and O–H groups in total. The minimum absolute atomic E-state index is 0.0190. The third kappa shape index (κ3) is 2.08. The van der Waals surface area contributed by atoms with Gasteiger partial charge in [-0.25, -0.2) is 9.37 Å². The summed E-state index contributed by atoms with van der Waals surface area (Å²) in [5, 5.41) is 0.471. The lowest BCUT2D eigenvalue weighted by Gasteiger charge is -2.05. The van der Waals surface area contributed by atoms with Crippen molar-refractivity contribution in [3.05, 3.63) is 42.0 Å². The second-order valence-corrected chi connectivity index (χ2v) is 4.16. The second-order valence-electron chi connectivity index (χ2n) is 4.16. The van der Waals surface area contributed by atoms with Crippen LogP contribution in [-0.2, 0) is 0 Å². The Labute approximate surface area is 108 Å². The van der Waals surface area contributed by atoms with Crippen LogP contribution < -0.4 is 10.5 Å². The van der Waals surface area contributed by atoms with E-state index < -0.39 is 5.82 Å². The first kappa shape index (κ1) is 11.5. The zero-order valence-electron chi connectivity index (χ0n) is 10.1. The van der Waals surface area contributed by atoms with Gasteiger partial charge in [0, 0.05) is 22.8 Å². The zero-order valence-corrected chi connectivity index (χ0v) is 10.1. The minimum Gasteiger partial charge on any atom is -0.421 e. The van der Waals surface area contributed by atoms with Gasteiger partial charge in [0.25, 0.3) is 0 Å². The number of nitrogens with one attached hydrogen (secondary N) is 1. The summed E-state index contributed by atoms with van der Waals surface area (Å²) < 4.78 is 19.6. The van der Waals surface area contributed by atoms with E-state index in [9.17, 15) is 4.39 Å². The smallest absolute Gasteiger partial charge is 0.323 e. The largest absolute Gasteiger partial charge is 0.421 e. The van der Waals surface area contributed by atoms with Crippen LogP contribution in [0.3, 0.4) is 0 Å². The molecule has 6 heteroatoms. The molecule has 0 bridgehead atoms. The summed E-state index contributed by atoms with van der Waals surface area (Å²) in [5.41, 5.74) is 7.11. The van der Waals surface area contributed by atoms with Crippen molar-refractivity contribution in [3.8, 4) is 11.8 Å². The van der Waals surface area contributed by atoms with Crippen molar-refractivity contribution in [1.29, 1.82) is 0 Å². The van der Waals surface area contributed by atoms with Crippen LogP contribution in [0.1, 0.15) is 5.69 Å². The topological polar surface area (TPSA) is 76.8 Å². The number of anilines is 1. The quantitative estimate of drug-likeness (QED) is 0.741. The molecule has 2 heterocycles. The van der Waals surface area contributed by atoms with E-state index in [0.29, 0.717) is 5.39 Å². The number of fused-ring (bicyclic) bond motifs is 1. The number of nitrogens with two attached hydrogens (primary N) is 1. The van der Waals surface area contributed by atoms with Crippen LogP contribution in [0.4, 0.5) is 10.2 Å². The lowest BCUT2D eigenvalue weighted by molar-refractivity contribution is 0.414. The molecule has 3 aromatic rings. The molecule has 0 amide bonds. The number of halogens is 1. The van der Waals surface area contributed by atoms with Crippen molar-refractivity contribution < 1.29 is 9.13 Å². The lowest BCUT2D eigenvalue weighted by Crippen LogP contribution is -1.97. The fourth-order valence-corrected chi connectivity index (χ4v) is 1.87. The molecule has 19 heavy (non-hydrogen) atoms. The highest BCUT2D eigenvalue weighted by Gasteiger charge is 2.12. The SMILES string of the molecule is Cc1cc2c(F)c(Oc3nccc(N)n3)ccc2[nH]1. The van der Waals surface area contributed by atoms with Gasteiger partial charge in [-0.1, -0.05) is 0 Å². The Morgan fingerprint density at radius 2 is 2.16 bits per heavy atom. The van der Waals surface area contributed by atoms with Gasteiger partial charge in [0.2, 0.25) is 0 Å². The molecule has 0 atom stereocenters. The monoisotopic (exact) mass is 258 g/mol. The molecule has 0 aliphatic heterocycles. The Hall–Kier alpha value is -2.63. The van der Waals surface area contributed by atoms with Gasteiger partial charge in [-0.3, -0.25) is 0 Å². The Bertz CT molecular complexity index is 753. The lowest BCUT2D eigenvalue weighted by atomic mass is 10.2. The molecule has 1 aromatic carbocycles. The average Bonchev–Trinajstić information content (AvgIpc) is 2.75. The summed E-state index contributed by atoms with van der Waals surface area (Å²) in [4.78, 5) is 10.8. The van der Waals surface area contributed by atoms with Gasteiger partial charge in [-0.15, -0.1) is 0 Å². The van der Waals surface area contributed by atoms with E-state index in [0.717, 1.165) is 11.2 Å². The third-order valence-corrected chi connectivity index (χ3v) is 2.69. The van der Waals surface area contributed by atoms with Crippen LogP contribution in [0, 0.1) is 12.7 Å². The normalized spacial score (nSPS) is 10.8. The van der Waals surface area contributed by atoms with Gasteiger partial charge in [0.1, 0.15) is 5.82 Å².